The van der Waals surface area contributed by atoms with E-state index in [0.717, 1.165) is 17.0 Å². The highest BCUT2D eigenvalue weighted by Crippen LogP contribution is 2.26. The molecule has 0 radical (unpaired) electrons. The van der Waals surface area contributed by atoms with Crippen LogP contribution in [0.3, 0.4) is 0 Å². The fourth-order valence-corrected chi connectivity index (χ4v) is 2.63. The van der Waals surface area contributed by atoms with Crippen molar-refractivity contribution in [2.75, 3.05) is 5.32 Å². The molecular formula is C18H16F3N3O2. The zero-order valence-electron chi connectivity index (χ0n) is 13.8. The SMILES string of the molecule is C[C@@H]1CC(=O)NN=C1c1ccc(Nc2ccc(OC(F)(F)F)cc2)cc1. The first kappa shape index (κ1) is 17.8. The van der Waals surface area contributed by atoms with E-state index in [-0.39, 0.29) is 17.6 Å². The first-order valence-corrected chi connectivity index (χ1v) is 7.90. The maximum absolute atomic E-state index is 12.2. The molecule has 0 saturated heterocycles. The molecule has 0 saturated carbocycles. The van der Waals surface area contributed by atoms with Crippen LogP contribution in [0.25, 0.3) is 0 Å². The predicted octanol–water partition coefficient (Wildman–Crippen LogP) is 4.19. The van der Waals surface area contributed by atoms with Crippen LogP contribution >= 0.6 is 0 Å². The second kappa shape index (κ2) is 7.07. The minimum Gasteiger partial charge on any atom is -0.406 e. The molecule has 136 valence electrons. The Hall–Kier alpha value is -3.03. The number of amides is 1. The molecule has 1 aliphatic rings. The smallest absolute Gasteiger partial charge is 0.406 e. The minimum atomic E-state index is -4.71. The number of nitrogens with one attached hydrogen (secondary N) is 2. The van der Waals surface area contributed by atoms with Crippen LogP contribution in [-0.4, -0.2) is 18.0 Å². The van der Waals surface area contributed by atoms with Crippen molar-refractivity contribution >= 4 is 23.0 Å². The van der Waals surface area contributed by atoms with Crippen LogP contribution in [0, 0.1) is 5.92 Å². The van der Waals surface area contributed by atoms with Gasteiger partial charge in [0.1, 0.15) is 5.75 Å². The summed E-state index contributed by atoms with van der Waals surface area (Å²) in [5, 5.41) is 7.20. The van der Waals surface area contributed by atoms with E-state index < -0.39 is 6.36 Å². The molecule has 0 aliphatic carbocycles. The van der Waals surface area contributed by atoms with Crippen molar-refractivity contribution in [2.24, 2.45) is 11.0 Å². The Morgan fingerprint density at radius 2 is 1.65 bits per heavy atom. The molecule has 0 aromatic heterocycles. The van der Waals surface area contributed by atoms with Crippen molar-refractivity contribution in [3.05, 3.63) is 54.1 Å². The van der Waals surface area contributed by atoms with Crippen molar-refractivity contribution in [3.8, 4) is 5.75 Å². The standard InChI is InChI=1S/C18H16F3N3O2/c1-11-10-16(25)23-24-17(11)12-2-4-13(5-3-12)22-14-6-8-15(9-7-14)26-18(19,20)21/h2-9,11,22H,10H2,1H3,(H,23,25)/t11-/m1/s1. The first-order chi connectivity index (χ1) is 12.3. The highest BCUT2D eigenvalue weighted by molar-refractivity contribution is 6.05. The lowest BCUT2D eigenvalue weighted by atomic mass is 9.94. The number of carbonyl (C=O) groups is 1. The summed E-state index contributed by atoms with van der Waals surface area (Å²) >= 11 is 0. The Balaban J connectivity index is 1.67. The summed E-state index contributed by atoms with van der Waals surface area (Å²) in [6.45, 7) is 1.94. The number of hydrogen-bond acceptors (Lipinski definition) is 4. The van der Waals surface area contributed by atoms with Crippen molar-refractivity contribution in [2.45, 2.75) is 19.7 Å². The monoisotopic (exact) mass is 363 g/mol. The molecule has 0 bridgehead atoms. The second-order valence-corrected chi connectivity index (χ2v) is 5.91. The molecule has 1 aliphatic heterocycles. The quantitative estimate of drug-likeness (QED) is 0.856. The number of benzene rings is 2. The molecule has 2 N–H and O–H groups in total. The van der Waals surface area contributed by atoms with Gasteiger partial charge in [0.2, 0.25) is 5.91 Å². The van der Waals surface area contributed by atoms with Gasteiger partial charge in [-0.2, -0.15) is 5.10 Å². The first-order valence-electron chi connectivity index (χ1n) is 7.90. The highest BCUT2D eigenvalue weighted by atomic mass is 19.4. The summed E-state index contributed by atoms with van der Waals surface area (Å²) in [6.07, 6.45) is -4.31. The molecule has 1 atom stereocenters. The van der Waals surface area contributed by atoms with Crippen molar-refractivity contribution in [1.29, 1.82) is 0 Å². The summed E-state index contributed by atoms with van der Waals surface area (Å²) in [7, 11) is 0. The van der Waals surface area contributed by atoms with E-state index in [1.165, 1.54) is 24.3 Å². The maximum atomic E-state index is 12.2. The third kappa shape index (κ3) is 4.53. The number of ether oxygens (including phenoxy) is 1. The average Bonchev–Trinajstić information content (AvgIpc) is 2.56. The third-order valence-electron chi connectivity index (χ3n) is 3.82. The van der Waals surface area contributed by atoms with E-state index >= 15 is 0 Å². The van der Waals surface area contributed by atoms with Crippen LogP contribution in [0.5, 0.6) is 5.75 Å². The molecular weight excluding hydrogens is 347 g/mol. The van der Waals surface area contributed by atoms with Gasteiger partial charge in [-0.05, 0) is 42.0 Å². The van der Waals surface area contributed by atoms with Gasteiger partial charge in [0.05, 0.1) is 5.71 Å². The van der Waals surface area contributed by atoms with Crippen molar-refractivity contribution in [3.63, 3.8) is 0 Å². The number of alkyl halides is 3. The fourth-order valence-electron chi connectivity index (χ4n) is 2.63. The van der Waals surface area contributed by atoms with E-state index in [2.05, 4.69) is 20.6 Å². The van der Waals surface area contributed by atoms with Gasteiger partial charge in [-0.15, -0.1) is 13.2 Å². The van der Waals surface area contributed by atoms with Crippen LogP contribution in [0.15, 0.2) is 53.6 Å². The molecule has 2 aromatic rings. The molecule has 26 heavy (non-hydrogen) atoms. The molecule has 5 nitrogen and oxygen atoms in total. The van der Waals surface area contributed by atoms with Gasteiger partial charge in [0, 0.05) is 23.7 Å². The lowest BCUT2D eigenvalue weighted by molar-refractivity contribution is -0.274. The second-order valence-electron chi connectivity index (χ2n) is 5.91. The number of rotatable bonds is 4. The average molecular weight is 363 g/mol. The molecule has 0 unspecified atom stereocenters. The Labute approximate surface area is 147 Å². The highest BCUT2D eigenvalue weighted by Gasteiger charge is 2.30. The van der Waals surface area contributed by atoms with Gasteiger partial charge in [-0.3, -0.25) is 4.79 Å². The zero-order chi connectivity index (χ0) is 18.7. The van der Waals surface area contributed by atoms with E-state index in [1.54, 1.807) is 0 Å². The third-order valence-corrected chi connectivity index (χ3v) is 3.82. The van der Waals surface area contributed by atoms with Crippen LogP contribution in [0.2, 0.25) is 0 Å². The summed E-state index contributed by atoms with van der Waals surface area (Å²) in [4.78, 5) is 11.3. The number of hydrogen-bond donors (Lipinski definition) is 2. The van der Waals surface area contributed by atoms with Crippen molar-refractivity contribution in [1.82, 2.24) is 5.43 Å². The van der Waals surface area contributed by atoms with E-state index in [0.29, 0.717) is 12.1 Å². The summed E-state index contributed by atoms with van der Waals surface area (Å²) in [5.74, 6) is -0.342. The number of hydrazone groups is 1. The fraction of sp³-hybridized carbons (Fsp3) is 0.222. The van der Waals surface area contributed by atoms with E-state index in [9.17, 15) is 18.0 Å². The Kier molecular flexibility index (Phi) is 4.83. The molecule has 0 spiro atoms. The Morgan fingerprint density at radius 1 is 1.08 bits per heavy atom. The van der Waals surface area contributed by atoms with E-state index in [4.69, 9.17) is 0 Å². The largest absolute Gasteiger partial charge is 0.573 e. The number of anilines is 2. The minimum absolute atomic E-state index is 0.0312. The van der Waals surface area contributed by atoms with Gasteiger partial charge >= 0.3 is 6.36 Å². The molecule has 3 rings (SSSR count). The number of halogens is 3. The van der Waals surface area contributed by atoms with Gasteiger partial charge in [-0.25, -0.2) is 5.43 Å². The van der Waals surface area contributed by atoms with Crippen LogP contribution in [0.1, 0.15) is 18.9 Å². The van der Waals surface area contributed by atoms with Gasteiger partial charge in [0.15, 0.2) is 0 Å². The van der Waals surface area contributed by atoms with Crippen LogP contribution in [0.4, 0.5) is 24.5 Å². The summed E-state index contributed by atoms with van der Waals surface area (Å²) in [5.41, 5.74) is 5.59. The summed E-state index contributed by atoms with van der Waals surface area (Å²) in [6, 6.07) is 12.9. The summed E-state index contributed by atoms with van der Waals surface area (Å²) < 4.78 is 40.3. The normalized spacial score (nSPS) is 17.3. The van der Waals surface area contributed by atoms with Gasteiger partial charge < -0.3 is 10.1 Å². The van der Waals surface area contributed by atoms with Gasteiger partial charge in [0.25, 0.3) is 0 Å². The molecule has 0 fully saturated rings. The Bertz CT molecular complexity index is 815. The predicted molar refractivity (Wildman–Crippen MR) is 91.3 cm³/mol. The molecule has 2 aromatic carbocycles. The zero-order valence-corrected chi connectivity index (χ0v) is 13.8. The molecule has 8 heteroatoms. The lowest BCUT2D eigenvalue weighted by Crippen LogP contribution is -2.31. The lowest BCUT2D eigenvalue weighted by Gasteiger charge is -2.19. The van der Waals surface area contributed by atoms with Gasteiger partial charge in [-0.1, -0.05) is 19.1 Å². The van der Waals surface area contributed by atoms with E-state index in [1.807, 2.05) is 31.2 Å². The van der Waals surface area contributed by atoms with Crippen molar-refractivity contribution < 1.29 is 22.7 Å². The number of carbonyl (C=O) groups excluding carboxylic acids is 1. The maximum Gasteiger partial charge on any atom is 0.573 e. The molecule has 1 heterocycles. The van der Waals surface area contributed by atoms with Crippen LogP contribution in [-0.2, 0) is 4.79 Å². The molecule has 1 amide bonds. The number of nitrogens with zero attached hydrogens (tertiary/aromatic N) is 1. The van der Waals surface area contributed by atoms with Crippen LogP contribution < -0.4 is 15.5 Å². The Morgan fingerprint density at radius 3 is 2.19 bits per heavy atom. The topological polar surface area (TPSA) is 62.7 Å².